The molecule has 1 N–H and O–H groups in total. The molecule has 1 atom stereocenters. The molecule has 2 rings (SSSR count). The fraction of sp³-hybridized carbons (Fsp3) is 0.188. The minimum atomic E-state index is -0.935. The Morgan fingerprint density at radius 1 is 1.05 bits per heavy atom. The van der Waals surface area contributed by atoms with Crippen LogP contribution in [0.5, 0.6) is 0 Å². The van der Waals surface area contributed by atoms with Crippen molar-refractivity contribution in [2.75, 3.05) is 0 Å². The molecule has 0 saturated carbocycles. The van der Waals surface area contributed by atoms with Crippen molar-refractivity contribution in [1.29, 1.82) is 0 Å². The van der Waals surface area contributed by atoms with Gasteiger partial charge in [0.1, 0.15) is 5.82 Å². The summed E-state index contributed by atoms with van der Waals surface area (Å²) in [7, 11) is 0. The number of aliphatic carboxylic acids is 1. The Hall–Kier alpha value is -1.58. The number of halogens is 3. The first-order valence-corrected chi connectivity index (χ1v) is 7.13. The largest absolute Gasteiger partial charge is 0.481 e. The number of carboxylic acids is 1. The molecule has 0 radical (unpaired) electrons. The van der Waals surface area contributed by atoms with E-state index in [-0.39, 0.29) is 18.7 Å². The van der Waals surface area contributed by atoms with Gasteiger partial charge in [0, 0.05) is 10.0 Å². The van der Waals surface area contributed by atoms with Crippen LogP contribution in [-0.4, -0.2) is 11.1 Å². The summed E-state index contributed by atoms with van der Waals surface area (Å²) < 4.78 is 12.9. The average molecular weight is 327 g/mol. The van der Waals surface area contributed by atoms with Gasteiger partial charge in [0.05, 0.1) is 5.92 Å². The van der Waals surface area contributed by atoms with Gasteiger partial charge < -0.3 is 5.11 Å². The molecule has 110 valence electrons. The van der Waals surface area contributed by atoms with E-state index in [1.54, 1.807) is 30.3 Å². The molecule has 2 aromatic carbocycles. The van der Waals surface area contributed by atoms with E-state index in [4.69, 9.17) is 23.2 Å². The van der Waals surface area contributed by atoms with Crippen LogP contribution in [-0.2, 0) is 17.6 Å². The fourth-order valence-corrected chi connectivity index (χ4v) is 2.68. The van der Waals surface area contributed by atoms with Crippen LogP contribution in [0.25, 0.3) is 0 Å². The van der Waals surface area contributed by atoms with Crippen LogP contribution in [0.4, 0.5) is 4.39 Å². The summed E-state index contributed by atoms with van der Waals surface area (Å²) in [6, 6.07) is 10.9. The predicted octanol–water partition coefficient (Wildman–Crippen LogP) is 4.62. The zero-order valence-corrected chi connectivity index (χ0v) is 12.5. The Labute approximate surface area is 132 Å². The van der Waals surface area contributed by atoms with Gasteiger partial charge in [-0.1, -0.05) is 41.4 Å². The van der Waals surface area contributed by atoms with E-state index in [0.717, 1.165) is 5.56 Å². The fourth-order valence-electron chi connectivity index (χ4n) is 2.13. The van der Waals surface area contributed by atoms with Crippen molar-refractivity contribution < 1.29 is 14.3 Å². The molecule has 0 heterocycles. The number of rotatable bonds is 5. The third-order valence-corrected chi connectivity index (χ3v) is 3.97. The van der Waals surface area contributed by atoms with E-state index in [9.17, 15) is 14.3 Å². The molecule has 0 aliphatic rings. The van der Waals surface area contributed by atoms with Gasteiger partial charge in [-0.05, 0) is 48.2 Å². The van der Waals surface area contributed by atoms with Crippen molar-refractivity contribution in [3.63, 3.8) is 0 Å². The van der Waals surface area contributed by atoms with E-state index in [1.165, 1.54) is 12.1 Å². The van der Waals surface area contributed by atoms with Crippen LogP contribution in [0.2, 0.25) is 10.0 Å². The minimum Gasteiger partial charge on any atom is -0.481 e. The van der Waals surface area contributed by atoms with E-state index in [1.807, 2.05) is 0 Å². The maximum atomic E-state index is 12.9. The summed E-state index contributed by atoms with van der Waals surface area (Å²) in [6.45, 7) is 0. The molecular weight excluding hydrogens is 314 g/mol. The summed E-state index contributed by atoms with van der Waals surface area (Å²) in [4.78, 5) is 11.4. The Balaban J connectivity index is 2.20. The third kappa shape index (κ3) is 4.19. The quantitative estimate of drug-likeness (QED) is 0.870. The molecule has 5 heteroatoms. The van der Waals surface area contributed by atoms with Gasteiger partial charge in [-0.25, -0.2) is 4.39 Å². The zero-order chi connectivity index (χ0) is 15.4. The lowest BCUT2D eigenvalue weighted by atomic mass is 9.92. The third-order valence-electron chi connectivity index (χ3n) is 3.26. The molecule has 2 aromatic rings. The Kier molecular flexibility index (Phi) is 5.21. The highest BCUT2D eigenvalue weighted by molar-refractivity contribution is 6.36. The van der Waals surface area contributed by atoms with E-state index < -0.39 is 11.9 Å². The topological polar surface area (TPSA) is 37.3 Å². The van der Waals surface area contributed by atoms with Crippen LogP contribution in [0, 0.1) is 11.7 Å². The minimum absolute atomic E-state index is 0.227. The Morgan fingerprint density at radius 3 is 2.14 bits per heavy atom. The molecular formula is C16H13Cl2FO2. The van der Waals surface area contributed by atoms with Crippen LogP contribution >= 0.6 is 23.2 Å². The first-order chi connectivity index (χ1) is 9.97. The number of carboxylic acid groups (broad SMARTS) is 1. The molecule has 0 aliphatic heterocycles. The van der Waals surface area contributed by atoms with Gasteiger partial charge in [0.25, 0.3) is 0 Å². The summed E-state index contributed by atoms with van der Waals surface area (Å²) in [6.07, 6.45) is 0.516. The first kappa shape index (κ1) is 15.8. The van der Waals surface area contributed by atoms with Crippen molar-refractivity contribution in [3.8, 4) is 0 Å². The summed E-state index contributed by atoms with van der Waals surface area (Å²) in [5.41, 5.74) is 1.38. The molecule has 0 bridgehead atoms. The number of hydrogen-bond donors (Lipinski definition) is 1. The van der Waals surface area contributed by atoms with Crippen LogP contribution < -0.4 is 0 Å². The van der Waals surface area contributed by atoms with E-state index in [2.05, 4.69) is 0 Å². The molecule has 0 saturated heterocycles. The highest BCUT2D eigenvalue weighted by Crippen LogP contribution is 2.28. The molecule has 0 aromatic heterocycles. The van der Waals surface area contributed by atoms with E-state index >= 15 is 0 Å². The normalized spacial score (nSPS) is 12.1. The Bertz CT molecular complexity index is 621. The summed E-state index contributed by atoms with van der Waals surface area (Å²) >= 11 is 12.2. The number of benzene rings is 2. The molecule has 2 nitrogen and oxygen atoms in total. The first-order valence-electron chi connectivity index (χ1n) is 6.37. The molecule has 21 heavy (non-hydrogen) atoms. The monoisotopic (exact) mass is 326 g/mol. The SMILES string of the molecule is O=C(O)C(Cc1ccc(F)cc1)Cc1c(Cl)cccc1Cl. The van der Waals surface area contributed by atoms with Gasteiger partial charge in [-0.3, -0.25) is 4.79 Å². The van der Waals surface area contributed by atoms with Gasteiger partial charge in [-0.2, -0.15) is 0 Å². The van der Waals surface area contributed by atoms with Crippen molar-refractivity contribution in [2.24, 2.45) is 5.92 Å². The Morgan fingerprint density at radius 2 is 1.62 bits per heavy atom. The molecule has 0 spiro atoms. The average Bonchev–Trinajstić information content (AvgIpc) is 2.43. The van der Waals surface area contributed by atoms with E-state index in [0.29, 0.717) is 15.6 Å². The predicted molar refractivity (Wildman–Crippen MR) is 81.4 cm³/mol. The van der Waals surface area contributed by atoms with Gasteiger partial charge in [-0.15, -0.1) is 0 Å². The standard InChI is InChI=1S/C16H13Cl2FO2/c17-14-2-1-3-15(18)13(14)9-11(16(20)21)8-10-4-6-12(19)7-5-10/h1-7,11H,8-9H2,(H,20,21). The van der Waals surface area contributed by atoms with Crippen LogP contribution in [0.3, 0.4) is 0 Å². The maximum absolute atomic E-state index is 12.9. The van der Waals surface area contributed by atoms with Gasteiger partial charge in [0.2, 0.25) is 0 Å². The molecule has 0 fully saturated rings. The van der Waals surface area contributed by atoms with Crippen LogP contribution in [0.15, 0.2) is 42.5 Å². The summed E-state index contributed by atoms with van der Waals surface area (Å²) in [5.74, 6) is -1.96. The van der Waals surface area contributed by atoms with Gasteiger partial charge in [0.15, 0.2) is 0 Å². The molecule has 0 amide bonds. The second-order valence-corrected chi connectivity index (χ2v) is 5.58. The molecule has 0 aliphatic carbocycles. The summed E-state index contributed by atoms with van der Waals surface area (Å²) in [5, 5.41) is 10.3. The second kappa shape index (κ2) is 6.92. The van der Waals surface area contributed by atoms with Crippen molar-refractivity contribution in [3.05, 3.63) is 69.5 Å². The zero-order valence-electron chi connectivity index (χ0n) is 11.0. The lowest BCUT2D eigenvalue weighted by Gasteiger charge is -2.14. The lowest BCUT2D eigenvalue weighted by molar-refractivity contribution is -0.141. The smallest absolute Gasteiger partial charge is 0.307 e. The lowest BCUT2D eigenvalue weighted by Crippen LogP contribution is -2.19. The number of hydrogen-bond acceptors (Lipinski definition) is 1. The van der Waals surface area contributed by atoms with Gasteiger partial charge >= 0.3 is 5.97 Å². The maximum Gasteiger partial charge on any atom is 0.307 e. The van der Waals surface area contributed by atoms with Crippen LogP contribution in [0.1, 0.15) is 11.1 Å². The van der Waals surface area contributed by atoms with Crippen molar-refractivity contribution >= 4 is 29.2 Å². The van der Waals surface area contributed by atoms with Crippen molar-refractivity contribution in [2.45, 2.75) is 12.8 Å². The molecule has 1 unspecified atom stereocenters. The second-order valence-electron chi connectivity index (χ2n) is 4.77. The number of carbonyl (C=O) groups is 1. The highest BCUT2D eigenvalue weighted by Gasteiger charge is 2.21. The highest BCUT2D eigenvalue weighted by atomic mass is 35.5. The van der Waals surface area contributed by atoms with Crippen molar-refractivity contribution in [1.82, 2.24) is 0 Å².